The van der Waals surface area contributed by atoms with E-state index in [0.29, 0.717) is 52.8 Å². The van der Waals surface area contributed by atoms with Gasteiger partial charge in [0.25, 0.3) is 0 Å². The van der Waals surface area contributed by atoms with Crippen molar-refractivity contribution in [1.29, 1.82) is 0 Å². The highest BCUT2D eigenvalue weighted by Gasteiger charge is 2.47. The van der Waals surface area contributed by atoms with Crippen LogP contribution >= 0.6 is 23.4 Å². The summed E-state index contributed by atoms with van der Waals surface area (Å²) >= 11 is 7.56. The molecule has 1 unspecified atom stereocenters. The van der Waals surface area contributed by atoms with Crippen LogP contribution < -0.4 is 21.7 Å². The topological polar surface area (TPSA) is 162 Å². The van der Waals surface area contributed by atoms with Gasteiger partial charge in [0.05, 0.1) is 17.3 Å². The van der Waals surface area contributed by atoms with Crippen molar-refractivity contribution in [2.45, 2.75) is 88.0 Å². The number of aromatic nitrogens is 3. The van der Waals surface area contributed by atoms with Gasteiger partial charge < -0.3 is 36.1 Å². The zero-order valence-corrected chi connectivity index (χ0v) is 26.6. The average Bonchev–Trinajstić information content (AvgIpc) is 2.87. The van der Waals surface area contributed by atoms with Crippen LogP contribution in [0.1, 0.15) is 60.8 Å². The molecule has 2 amide bonds. The van der Waals surface area contributed by atoms with E-state index < -0.39 is 17.3 Å². The molecular weight excluding hydrogens is 580 g/mol. The number of nitrogen functional groups attached to an aromatic ring is 2. The first-order chi connectivity index (χ1) is 19.6. The number of pyridine rings is 1. The van der Waals surface area contributed by atoms with Crippen LogP contribution in [0, 0.1) is 5.41 Å². The summed E-state index contributed by atoms with van der Waals surface area (Å²) in [5.74, 6) is 1.21. The van der Waals surface area contributed by atoms with E-state index in [1.807, 2.05) is 41.5 Å². The number of nitrogens with two attached hydrogens (primary N) is 2. The van der Waals surface area contributed by atoms with Crippen molar-refractivity contribution < 1.29 is 19.1 Å². The van der Waals surface area contributed by atoms with Crippen molar-refractivity contribution in [3.8, 4) is 0 Å². The zero-order chi connectivity index (χ0) is 30.9. The SMILES string of the molecule is CC(C)(C)OC(=O)NC1CN(C(=O)OC(C)(C)C)CCC12CCN(c1cnc(Sc3ccnc(N)c3Cl)c(N)n1)CC2. The molecule has 2 aromatic heterocycles. The fourth-order valence-electron chi connectivity index (χ4n) is 5.20. The number of ether oxygens (including phenoxy) is 2. The lowest BCUT2D eigenvalue weighted by molar-refractivity contribution is -0.0105. The number of carbonyl (C=O) groups is 2. The van der Waals surface area contributed by atoms with E-state index in [9.17, 15) is 9.59 Å². The normalized spacial score (nSPS) is 19.0. The number of carbonyl (C=O) groups excluding carboxylic acids is 2. The van der Waals surface area contributed by atoms with E-state index in [1.54, 1.807) is 23.4 Å². The molecule has 230 valence electrons. The highest BCUT2D eigenvalue weighted by molar-refractivity contribution is 7.99. The maximum Gasteiger partial charge on any atom is 0.410 e. The maximum atomic E-state index is 12.9. The van der Waals surface area contributed by atoms with E-state index in [1.165, 1.54) is 11.8 Å². The minimum Gasteiger partial charge on any atom is -0.444 e. The van der Waals surface area contributed by atoms with Gasteiger partial charge in [-0.25, -0.2) is 24.5 Å². The molecule has 4 heterocycles. The summed E-state index contributed by atoms with van der Waals surface area (Å²) in [4.78, 5) is 43.4. The lowest BCUT2D eigenvalue weighted by Crippen LogP contribution is -2.62. The largest absolute Gasteiger partial charge is 0.444 e. The Labute approximate surface area is 256 Å². The molecule has 4 rings (SSSR count). The van der Waals surface area contributed by atoms with Crippen molar-refractivity contribution >= 4 is 53.0 Å². The summed E-state index contributed by atoms with van der Waals surface area (Å²) in [5, 5.41) is 3.95. The number of piperidine rings is 2. The highest BCUT2D eigenvalue weighted by atomic mass is 35.5. The van der Waals surface area contributed by atoms with Crippen molar-refractivity contribution in [2.75, 3.05) is 42.5 Å². The van der Waals surface area contributed by atoms with Crippen LogP contribution in [0.4, 0.5) is 27.0 Å². The van der Waals surface area contributed by atoms with Crippen molar-refractivity contribution in [1.82, 2.24) is 25.2 Å². The van der Waals surface area contributed by atoms with Gasteiger partial charge in [-0.1, -0.05) is 23.4 Å². The quantitative estimate of drug-likeness (QED) is 0.423. The number of alkyl carbamates (subject to hydrolysis) is 1. The Morgan fingerprint density at radius 3 is 2.29 bits per heavy atom. The number of rotatable bonds is 4. The third kappa shape index (κ3) is 7.80. The van der Waals surface area contributed by atoms with E-state index in [0.717, 1.165) is 19.3 Å². The molecule has 12 nitrogen and oxygen atoms in total. The lowest BCUT2D eigenvalue weighted by atomic mass is 9.68. The first-order valence-electron chi connectivity index (χ1n) is 14.0. The Bertz CT molecular complexity index is 1310. The number of hydrogen-bond donors (Lipinski definition) is 3. The van der Waals surface area contributed by atoms with Gasteiger partial charge in [0.1, 0.15) is 27.9 Å². The molecule has 14 heteroatoms. The second kappa shape index (κ2) is 12.2. The van der Waals surface area contributed by atoms with Gasteiger partial charge in [-0.15, -0.1) is 0 Å². The molecule has 0 bridgehead atoms. The minimum atomic E-state index is -0.640. The molecule has 0 radical (unpaired) electrons. The van der Waals surface area contributed by atoms with Crippen LogP contribution in [0.25, 0.3) is 0 Å². The first kappa shape index (κ1) is 31.7. The fraction of sp³-hybridized carbons (Fsp3) is 0.607. The summed E-state index contributed by atoms with van der Waals surface area (Å²) in [6, 6.07) is 1.45. The number of hydrogen-bond acceptors (Lipinski definition) is 11. The maximum absolute atomic E-state index is 12.9. The van der Waals surface area contributed by atoms with Crippen LogP contribution in [0.15, 0.2) is 28.4 Å². The summed E-state index contributed by atoms with van der Waals surface area (Å²) < 4.78 is 11.2. The predicted molar refractivity (Wildman–Crippen MR) is 164 cm³/mol. The minimum absolute atomic E-state index is 0.224. The van der Waals surface area contributed by atoms with Gasteiger partial charge in [-0.2, -0.15) is 0 Å². The fourth-order valence-corrected chi connectivity index (χ4v) is 6.21. The number of nitrogens with zero attached hydrogens (tertiary/aromatic N) is 5. The highest BCUT2D eigenvalue weighted by Crippen LogP contribution is 2.43. The van der Waals surface area contributed by atoms with Crippen LogP contribution in [0.3, 0.4) is 0 Å². The first-order valence-corrected chi connectivity index (χ1v) is 15.2. The number of nitrogens with one attached hydrogen (secondary N) is 1. The molecule has 0 saturated carbocycles. The molecular formula is C28H41ClN8O4S. The zero-order valence-electron chi connectivity index (χ0n) is 25.1. The predicted octanol–water partition coefficient (Wildman–Crippen LogP) is 4.96. The molecule has 2 aliphatic rings. The van der Waals surface area contributed by atoms with Crippen LogP contribution in [0.5, 0.6) is 0 Å². The molecule has 5 N–H and O–H groups in total. The summed E-state index contributed by atoms with van der Waals surface area (Å²) in [5.41, 5.74) is 10.6. The molecule has 0 aliphatic carbocycles. The van der Waals surface area contributed by atoms with Gasteiger partial charge in [0.2, 0.25) is 0 Å². The van der Waals surface area contributed by atoms with Gasteiger partial charge in [-0.3, -0.25) is 0 Å². The van der Waals surface area contributed by atoms with Crippen molar-refractivity contribution in [3.63, 3.8) is 0 Å². The molecule has 1 atom stereocenters. The third-order valence-electron chi connectivity index (χ3n) is 7.29. The molecule has 1 spiro atoms. The summed E-state index contributed by atoms with van der Waals surface area (Å²) in [6.07, 6.45) is 4.68. The Hall–Kier alpha value is -3.19. The van der Waals surface area contributed by atoms with E-state index in [4.69, 9.17) is 32.5 Å². The Balaban J connectivity index is 1.46. The van der Waals surface area contributed by atoms with Crippen LogP contribution in [-0.2, 0) is 9.47 Å². The van der Waals surface area contributed by atoms with Crippen LogP contribution in [-0.4, -0.2) is 75.5 Å². The number of amides is 2. The number of halogens is 1. The molecule has 2 fully saturated rings. The van der Waals surface area contributed by atoms with Gasteiger partial charge in [-0.05, 0) is 72.3 Å². The lowest BCUT2D eigenvalue weighted by Gasteiger charge is -2.51. The third-order valence-corrected chi connectivity index (χ3v) is 8.86. The van der Waals surface area contributed by atoms with E-state index in [-0.39, 0.29) is 23.4 Å². The molecule has 42 heavy (non-hydrogen) atoms. The molecule has 2 saturated heterocycles. The Kier molecular flexibility index (Phi) is 9.22. The molecule has 0 aromatic carbocycles. The second-order valence-corrected chi connectivity index (χ2v) is 14.2. The Morgan fingerprint density at radius 1 is 1.02 bits per heavy atom. The van der Waals surface area contributed by atoms with Crippen molar-refractivity contribution in [3.05, 3.63) is 23.5 Å². The van der Waals surface area contributed by atoms with Crippen LogP contribution in [0.2, 0.25) is 5.02 Å². The van der Waals surface area contributed by atoms with Gasteiger partial charge in [0, 0.05) is 37.3 Å². The average molecular weight is 621 g/mol. The monoisotopic (exact) mass is 620 g/mol. The smallest absolute Gasteiger partial charge is 0.410 e. The summed E-state index contributed by atoms with van der Waals surface area (Å²) in [7, 11) is 0. The molecule has 2 aromatic rings. The number of anilines is 3. The standard InChI is InChI=1S/C28H41ClN8O4S/c1-26(2,3)40-24(38)34-18-16-37(25(39)41-27(4,5)6)14-10-28(18)8-12-36(13-9-28)19-15-33-23(22(31)35-19)42-17-7-11-32-21(30)20(17)29/h7,11,15,18H,8-10,12-14,16H2,1-6H3,(H2,30,32)(H2,31,35)(H,34,38). The van der Waals surface area contributed by atoms with E-state index in [2.05, 4.69) is 25.2 Å². The summed E-state index contributed by atoms with van der Waals surface area (Å²) in [6.45, 7) is 13.3. The molecule has 2 aliphatic heterocycles. The Morgan fingerprint density at radius 2 is 1.67 bits per heavy atom. The van der Waals surface area contributed by atoms with Crippen molar-refractivity contribution in [2.24, 2.45) is 5.41 Å². The van der Waals surface area contributed by atoms with Gasteiger partial charge >= 0.3 is 12.2 Å². The van der Waals surface area contributed by atoms with E-state index >= 15 is 0 Å². The van der Waals surface area contributed by atoms with Gasteiger partial charge in [0.15, 0.2) is 5.82 Å². The second-order valence-electron chi connectivity index (χ2n) is 12.8. The number of likely N-dealkylation sites (tertiary alicyclic amines) is 1.